The van der Waals surface area contributed by atoms with E-state index in [9.17, 15) is 4.79 Å². The fraction of sp³-hybridized carbons (Fsp3) is 0. The maximum absolute atomic E-state index is 12.0. The number of hydrogen-bond acceptors (Lipinski definition) is 4. The van der Waals surface area contributed by atoms with Gasteiger partial charge in [0.1, 0.15) is 0 Å². The Morgan fingerprint density at radius 3 is 2.73 bits per heavy atom. The first kappa shape index (κ1) is 13.0. The van der Waals surface area contributed by atoms with Crippen molar-refractivity contribution in [1.29, 1.82) is 0 Å². The zero-order valence-corrected chi connectivity index (χ0v) is 12.3. The molecule has 1 aliphatic heterocycles. The number of carbonyl (C=O) groups is 1. The summed E-state index contributed by atoms with van der Waals surface area (Å²) in [6.07, 6.45) is 1.78. The van der Waals surface area contributed by atoms with E-state index in [1.807, 2.05) is 60.0 Å². The third-order valence-corrected chi connectivity index (χ3v) is 4.33. The lowest BCUT2D eigenvalue weighted by molar-refractivity contribution is -0.129. The average molecular weight is 305 g/mol. The number of rotatable bonds is 2. The van der Waals surface area contributed by atoms with Crippen LogP contribution in [0.3, 0.4) is 0 Å². The first-order valence-corrected chi connectivity index (χ1v) is 7.73. The minimum atomic E-state index is -0.406. The third kappa shape index (κ3) is 2.23. The molecule has 4 rings (SSSR count). The van der Waals surface area contributed by atoms with Gasteiger partial charge in [-0.3, -0.25) is 0 Å². The molecule has 0 atom stereocenters. The summed E-state index contributed by atoms with van der Waals surface area (Å²) in [5.41, 5.74) is 1.29. The fourth-order valence-corrected chi connectivity index (χ4v) is 3.09. The zero-order valence-electron chi connectivity index (χ0n) is 11.5. The molecule has 0 saturated heterocycles. The largest absolute Gasteiger partial charge is 0.401 e. The third-order valence-electron chi connectivity index (χ3n) is 3.47. The van der Waals surface area contributed by atoms with Crippen molar-refractivity contribution >= 4 is 40.1 Å². The molecule has 2 heterocycles. The van der Waals surface area contributed by atoms with Gasteiger partial charge in [0.15, 0.2) is 5.70 Å². The van der Waals surface area contributed by atoms with Crippen LogP contribution in [0.25, 0.3) is 16.8 Å². The molecule has 0 aliphatic carbocycles. The van der Waals surface area contributed by atoms with Gasteiger partial charge in [0.2, 0.25) is 5.90 Å². The van der Waals surface area contributed by atoms with Crippen molar-refractivity contribution in [1.82, 2.24) is 0 Å². The highest BCUT2D eigenvalue weighted by molar-refractivity contribution is 7.12. The molecule has 4 heteroatoms. The number of nitrogens with zero attached hydrogens (tertiary/aromatic N) is 1. The van der Waals surface area contributed by atoms with Gasteiger partial charge in [0, 0.05) is 0 Å². The number of aliphatic imine (C=N–C) groups is 1. The van der Waals surface area contributed by atoms with Crippen LogP contribution < -0.4 is 0 Å². The van der Waals surface area contributed by atoms with E-state index in [0.717, 1.165) is 21.2 Å². The van der Waals surface area contributed by atoms with Crippen LogP contribution in [-0.2, 0) is 9.53 Å². The van der Waals surface area contributed by atoms with E-state index in [1.54, 1.807) is 6.08 Å². The van der Waals surface area contributed by atoms with E-state index in [2.05, 4.69) is 4.99 Å². The lowest BCUT2D eigenvalue weighted by Crippen LogP contribution is -2.03. The standard InChI is InChI=1S/C18H11NO2S/c20-18-15(19-17(21-18)16-9-4-10-22-16)11-13-7-3-6-12-5-1-2-8-14(12)13/h1-11H. The summed E-state index contributed by atoms with van der Waals surface area (Å²) in [4.78, 5) is 17.2. The highest BCUT2D eigenvalue weighted by Gasteiger charge is 2.24. The second kappa shape index (κ2) is 5.24. The first-order chi connectivity index (χ1) is 10.8. The van der Waals surface area contributed by atoms with Gasteiger partial charge in [-0.1, -0.05) is 48.5 Å². The Morgan fingerprint density at radius 2 is 1.86 bits per heavy atom. The molecule has 0 spiro atoms. The number of carbonyl (C=O) groups excluding carboxylic acids is 1. The van der Waals surface area contributed by atoms with Crippen molar-refractivity contribution in [2.75, 3.05) is 0 Å². The van der Waals surface area contributed by atoms with Crippen LogP contribution >= 0.6 is 11.3 Å². The van der Waals surface area contributed by atoms with Gasteiger partial charge in [-0.15, -0.1) is 11.3 Å². The Kier molecular flexibility index (Phi) is 3.09. The second-order valence-corrected chi connectivity index (χ2v) is 5.83. The molecular formula is C18H11NO2S. The molecular weight excluding hydrogens is 294 g/mol. The Labute approximate surface area is 131 Å². The molecule has 1 aliphatic rings. The highest BCUT2D eigenvalue weighted by atomic mass is 32.1. The molecule has 3 nitrogen and oxygen atoms in total. The minimum Gasteiger partial charge on any atom is -0.401 e. The van der Waals surface area contributed by atoms with Gasteiger partial charge in [-0.2, -0.15) is 0 Å². The summed E-state index contributed by atoms with van der Waals surface area (Å²) in [7, 11) is 0. The van der Waals surface area contributed by atoms with E-state index in [0.29, 0.717) is 11.6 Å². The van der Waals surface area contributed by atoms with Crippen molar-refractivity contribution in [3.8, 4) is 0 Å². The normalized spacial score (nSPS) is 16.1. The smallest absolute Gasteiger partial charge is 0.363 e. The molecule has 0 amide bonds. The molecule has 0 N–H and O–H groups in total. The highest BCUT2D eigenvalue weighted by Crippen LogP contribution is 2.25. The van der Waals surface area contributed by atoms with Gasteiger partial charge < -0.3 is 4.74 Å². The number of ether oxygens (including phenoxy) is 1. The predicted molar refractivity (Wildman–Crippen MR) is 88.9 cm³/mol. The van der Waals surface area contributed by atoms with E-state index in [4.69, 9.17) is 4.74 Å². The topological polar surface area (TPSA) is 38.7 Å². The van der Waals surface area contributed by atoms with Crippen molar-refractivity contribution in [2.45, 2.75) is 0 Å². The Bertz CT molecular complexity index is 918. The number of hydrogen-bond donors (Lipinski definition) is 0. The molecule has 0 saturated carbocycles. The number of esters is 1. The van der Waals surface area contributed by atoms with Gasteiger partial charge in [0.05, 0.1) is 4.88 Å². The van der Waals surface area contributed by atoms with Crippen LogP contribution in [0.5, 0.6) is 0 Å². The summed E-state index contributed by atoms with van der Waals surface area (Å²) >= 11 is 1.50. The Morgan fingerprint density at radius 1 is 1.00 bits per heavy atom. The maximum Gasteiger partial charge on any atom is 0.363 e. The summed E-state index contributed by atoms with van der Waals surface area (Å²) < 4.78 is 5.26. The van der Waals surface area contributed by atoms with Crippen LogP contribution in [0.15, 0.2) is 70.7 Å². The van der Waals surface area contributed by atoms with Crippen LogP contribution in [0.2, 0.25) is 0 Å². The van der Waals surface area contributed by atoms with Gasteiger partial charge in [-0.05, 0) is 33.9 Å². The Hall–Kier alpha value is -2.72. The molecule has 3 aromatic rings. The van der Waals surface area contributed by atoms with E-state index >= 15 is 0 Å². The van der Waals surface area contributed by atoms with E-state index < -0.39 is 5.97 Å². The van der Waals surface area contributed by atoms with Crippen LogP contribution in [-0.4, -0.2) is 11.9 Å². The SMILES string of the molecule is O=C1OC(c2cccs2)=NC1=Cc1cccc2ccccc12. The average Bonchev–Trinajstić information content (AvgIpc) is 3.18. The zero-order chi connectivity index (χ0) is 14.9. The van der Waals surface area contributed by atoms with Gasteiger partial charge in [-0.25, -0.2) is 9.79 Å². The van der Waals surface area contributed by atoms with Crippen molar-refractivity contribution < 1.29 is 9.53 Å². The quantitative estimate of drug-likeness (QED) is 0.524. The number of fused-ring (bicyclic) bond motifs is 1. The van der Waals surface area contributed by atoms with Crippen LogP contribution in [0.1, 0.15) is 10.4 Å². The van der Waals surface area contributed by atoms with E-state index in [-0.39, 0.29) is 0 Å². The second-order valence-electron chi connectivity index (χ2n) is 4.88. The summed E-state index contributed by atoms with van der Waals surface area (Å²) in [5, 5.41) is 4.15. The number of benzene rings is 2. The first-order valence-electron chi connectivity index (χ1n) is 6.85. The molecule has 0 fully saturated rings. The Balaban J connectivity index is 1.80. The summed E-state index contributed by atoms with van der Waals surface area (Å²) in [6, 6.07) is 17.8. The lowest BCUT2D eigenvalue weighted by atomic mass is 10.0. The van der Waals surface area contributed by atoms with E-state index in [1.165, 1.54) is 11.3 Å². The molecule has 22 heavy (non-hydrogen) atoms. The monoisotopic (exact) mass is 305 g/mol. The van der Waals surface area contributed by atoms with Crippen LogP contribution in [0, 0.1) is 0 Å². The molecule has 0 unspecified atom stereocenters. The molecule has 0 radical (unpaired) electrons. The molecule has 0 bridgehead atoms. The van der Waals surface area contributed by atoms with Crippen molar-refractivity contribution in [3.63, 3.8) is 0 Å². The molecule has 2 aromatic carbocycles. The predicted octanol–water partition coefficient (Wildman–Crippen LogP) is 4.25. The molecule has 1 aromatic heterocycles. The summed E-state index contributed by atoms with van der Waals surface area (Å²) in [5.74, 6) is -0.0252. The maximum atomic E-state index is 12.0. The van der Waals surface area contributed by atoms with Gasteiger partial charge in [0.25, 0.3) is 0 Å². The van der Waals surface area contributed by atoms with Crippen molar-refractivity contribution in [2.24, 2.45) is 4.99 Å². The van der Waals surface area contributed by atoms with Crippen LogP contribution in [0.4, 0.5) is 0 Å². The van der Waals surface area contributed by atoms with Crippen molar-refractivity contribution in [3.05, 3.63) is 76.1 Å². The number of cyclic esters (lactones) is 1. The summed E-state index contributed by atoms with van der Waals surface area (Å²) in [6.45, 7) is 0. The molecule has 106 valence electrons. The van der Waals surface area contributed by atoms with Gasteiger partial charge >= 0.3 is 5.97 Å². The minimum absolute atomic E-state index is 0.333. The lowest BCUT2D eigenvalue weighted by Gasteiger charge is -2.01. The fourth-order valence-electron chi connectivity index (χ4n) is 2.44. The number of thiophene rings is 1.